The molecule has 1 heterocycles. The van der Waals surface area contributed by atoms with Crippen molar-refractivity contribution < 1.29 is 0 Å². The molecule has 4 fully saturated rings. The highest BCUT2D eigenvalue weighted by atomic mass is 15.2. The van der Waals surface area contributed by atoms with E-state index in [1.54, 1.807) is 0 Å². The van der Waals surface area contributed by atoms with Crippen molar-refractivity contribution in [3.8, 4) is 6.07 Å². The van der Waals surface area contributed by atoms with Gasteiger partial charge in [0.2, 0.25) is 0 Å². The van der Waals surface area contributed by atoms with Crippen molar-refractivity contribution in [2.75, 3.05) is 0 Å². The maximum Gasteiger partial charge on any atom is 0.164 e. The molecular formula is C16H21N3. The molecule has 0 aromatic carbocycles. The Balaban J connectivity index is 1.82. The molecule has 1 aliphatic heterocycles. The van der Waals surface area contributed by atoms with Crippen LogP contribution >= 0.6 is 0 Å². The van der Waals surface area contributed by atoms with Crippen molar-refractivity contribution in [2.24, 2.45) is 33.4 Å². The van der Waals surface area contributed by atoms with Gasteiger partial charge in [-0.15, -0.1) is 5.11 Å². The maximum atomic E-state index is 9.41. The molecule has 5 rings (SSSR count). The van der Waals surface area contributed by atoms with E-state index >= 15 is 0 Å². The third-order valence-corrected chi connectivity index (χ3v) is 5.92. The molecule has 0 N–H and O–H groups in total. The summed E-state index contributed by atoms with van der Waals surface area (Å²) in [5, 5.41) is 18.0. The Kier molecular flexibility index (Phi) is 2.13. The summed E-state index contributed by atoms with van der Waals surface area (Å²) in [6, 6.07) is 2.31. The van der Waals surface area contributed by atoms with Crippen molar-refractivity contribution in [2.45, 2.75) is 57.9 Å². The van der Waals surface area contributed by atoms with Crippen LogP contribution in [0.1, 0.15) is 52.4 Å². The lowest BCUT2D eigenvalue weighted by atomic mass is 9.46. The zero-order valence-electron chi connectivity index (χ0n) is 11.8. The normalized spacial score (nSPS) is 45.8. The van der Waals surface area contributed by atoms with E-state index in [1.807, 2.05) is 0 Å². The van der Waals surface area contributed by atoms with Crippen LogP contribution in [0.3, 0.4) is 0 Å². The molecule has 3 nitrogen and oxygen atoms in total. The number of hydrogen-bond donors (Lipinski definition) is 0. The van der Waals surface area contributed by atoms with Gasteiger partial charge in [-0.2, -0.15) is 10.4 Å². The number of hydrogen-bond acceptors (Lipinski definition) is 3. The second-order valence-electron chi connectivity index (χ2n) is 7.79. The van der Waals surface area contributed by atoms with Crippen molar-refractivity contribution in [3.63, 3.8) is 0 Å². The van der Waals surface area contributed by atoms with Crippen molar-refractivity contribution in [1.29, 1.82) is 5.26 Å². The summed E-state index contributed by atoms with van der Waals surface area (Å²) in [5.74, 6) is 2.69. The molecular weight excluding hydrogens is 234 g/mol. The van der Waals surface area contributed by atoms with Gasteiger partial charge in [0.25, 0.3) is 0 Å². The van der Waals surface area contributed by atoms with Crippen LogP contribution in [-0.4, -0.2) is 5.54 Å². The lowest BCUT2D eigenvalue weighted by Gasteiger charge is -2.58. The average molecular weight is 255 g/mol. The molecule has 3 heteroatoms. The number of allylic oxidation sites excluding steroid dienone is 1. The van der Waals surface area contributed by atoms with Crippen LogP contribution in [-0.2, 0) is 0 Å². The summed E-state index contributed by atoms with van der Waals surface area (Å²) in [6.07, 6.45) is 8.16. The van der Waals surface area contributed by atoms with Crippen LogP contribution in [0.2, 0.25) is 0 Å². The minimum absolute atomic E-state index is 0.253. The Labute approximate surface area is 114 Å². The highest BCUT2D eigenvalue weighted by Crippen LogP contribution is 2.65. The molecule has 4 aliphatic carbocycles. The second-order valence-corrected chi connectivity index (χ2v) is 7.79. The highest BCUT2D eigenvalue weighted by Gasteiger charge is 2.56. The quantitative estimate of drug-likeness (QED) is 0.691. The first-order valence-corrected chi connectivity index (χ1v) is 7.61. The molecule has 0 radical (unpaired) electrons. The lowest BCUT2D eigenvalue weighted by Crippen LogP contribution is -2.49. The van der Waals surface area contributed by atoms with Crippen molar-refractivity contribution in [3.05, 3.63) is 11.3 Å². The third kappa shape index (κ3) is 1.49. The van der Waals surface area contributed by atoms with Gasteiger partial charge in [-0.05, 0) is 75.5 Å². The van der Waals surface area contributed by atoms with Gasteiger partial charge in [-0.1, -0.05) is 0 Å². The van der Waals surface area contributed by atoms with Crippen molar-refractivity contribution in [1.82, 2.24) is 0 Å². The number of nitriles is 1. The molecule has 100 valence electrons. The van der Waals surface area contributed by atoms with E-state index in [0.717, 1.165) is 17.8 Å². The largest absolute Gasteiger partial charge is 0.191 e. The first-order valence-electron chi connectivity index (χ1n) is 7.61. The van der Waals surface area contributed by atoms with E-state index in [0.29, 0.717) is 5.70 Å². The molecule has 5 aliphatic rings. The van der Waals surface area contributed by atoms with Gasteiger partial charge in [-0.3, -0.25) is 0 Å². The summed E-state index contributed by atoms with van der Waals surface area (Å²) in [4.78, 5) is 0. The first-order chi connectivity index (χ1) is 9.02. The fourth-order valence-electron chi connectivity index (χ4n) is 5.96. The lowest BCUT2D eigenvalue weighted by molar-refractivity contribution is -0.0354. The average Bonchev–Trinajstić information content (AvgIpc) is 2.63. The van der Waals surface area contributed by atoms with Gasteiger partial charge in [-0.25, -0.2) is 0 Å². The van der Waals surface area contributed by atoms with E-state index in [2.05, 4.69) is 30.1 Å². The second kappa shape index (κ2) is 3.48. The maximum absolute atomic E-state index is 9.41. The minimum atomic E-state index is -0.253. The molecule has 4 bridgehead atoms. The predicted molar refractivity (Wildman–Crippen MR) is 72.2 cm³/mol. The van der Waals surface area contributed by atoms with Gasteiger partial charge in [0.15, 0.2) is 5.70 Å². The molecule has 0 aromatic heterocycles. The van der Waals surface area contributed by atoms with Gasteiger partial charge >= 0.3 is 0 Å². The van der Waals surface area contributed by atoms with E-state index < -0.39 is 0 Å². The zero-order chi connectivity index (χ0) is 13.3. The Morgan fingerprint density at radius 2 is 1.58 bits per heavy atom. The van der Waals surface area contributed by atoms with Gasteiger partial charge in [0.1, 0.15) is 11.6 Å². The molecule has 0 atom stereocenters. The monoisotopic (exact) mass is 255 g/mol. The van der Waals surface area contributed by atoms with E-state index in [1.165, 1.54) is 44.1 Å². The van der Waals surface area contributed by atoms with Crippen LogP contribution < -0.4 is 0 Å². The van der Waals surface area contributed by atoms with Crippen LogP contribution in [0.5, 0.6) is 0 Å². The SMILES string of the molecule is CC1(C)N=NC(C#N)=C1C12CC3CC(CC(C3)C1)C2. The standard InChI is InChI=1S/C16H21N3/c1-15(2)14(13(9-17)18-19-15)16-6-10-3-11(7-16)5-12(4-10)8-16/h10-12H,3-8H2,1-2H3. The number of azo groups is 1. The Morgan fingerprint density at radius 1 is 1.05 bits per heavy atom. The van der Waals surface area contributed by atoms with Gasteiger partial charge in [0, 0.05) is 5.57 Å². The molecule has 0 aromatic rings. The first kappa shape index (κ1) is 11.6. The number of nitrogens with zero attached hydrogens (tertiary/aromatic N) is 3. The molecule has 4 saturated carbocycles. The minimum Gasteiger partial charge on any atom is -0.191 e. The van der Waals surface area contributed by atoms with Gasteiger partial charge in [0.05, 0.1) is 0 Å². The predicted octanol–water partition coefficient (Wildman–Crippen LogP) is 4.22. The van der Waals surface area contributed by atoms with Crippen molar-refractivity contribution >= 4 is 0 Å². The Hall–Kier alpha value is -1.17. The van der Waals surface area contributed by atoms with Crippen LogP contribution in [0, 0.1) is 34.5 Å². The number of rotatable bonds is 1. The fourth-order valence-corrected chi connectivity index (χ4v) is 5.96. The smallest absolute Gasteiger partial charge is 0.164 e. The summed E-state index contributed by atoms with van der Waals surface area (Å²) >= 11 is 0. The van der Waals surface area contributed by atoms with Crippen LogP contribution in [0.25, 0.3) is 0 Å². The highest BCUT2D eigenvalue weighted by molar-refractivity contribution is 5.42. The Bertz CT molecular complexity index is 497. The Morgan fingerprint density at radius 3 is 2.05 bits per heavy atom. The summed E-state index contributed by atoms with van der Waals surface area (Å²) in [7, 11) is 0. The van der Waals surface area contributed by atoms with Crippen LogP contribution in [0.15, 0.2) is 21.5 Å². The molecule has 0 spiro atoms. The zero-order valence-corrected chi connectivity index (χ0v) is 11.8. The third-order valence-electron chi connectivity index (χ3n) is 5.92. The molecule has 0 saturated heterocycles. The van der Waals surface area contributed by atoms with E-state index in [4.69, 9.17) is 0 Å². The van der Waals surface area contributed by atoms with E-state index in [-0.39, 0.29) is 11.0 Å². The van der Waals surface area contributed by atoms with Gasteiger partial charge < -0.3 is 0 Å². The fraction of sp³-hybridized carbons (Fsp3) is 0.812. The summed E-state index contributed by atoms with van der Waals surface area (Å²) in [5.41, 5.74) is 1.91. The summed E-state index contributed by atoms with van der Waals surface area (Å²) < 4.78 is 0. The molecule has 0 amide bonds. The van der Waals surface area contributed by atoms with Crippen LogP contribution in [0.4, 0.5) is 0 Å². The topological polar surface area (TPSA) is 48.5 Å². The molecule has 19 heavy (non-hydrogen) atoms. The molecule has 0 unspecified atom stereocenters. The summed E-state index contributed by atoms with van der Waals surface area (Å²) in [6.45, 7) is 4.27. The van der Waals surface area contributed by atoms with E-state index in [9.17, 15) is 5.26 Å².